The Kier molecular flexibility index (Phi) is 5.29. The van der Waals surface area contributed by atoms with Gasteiger partial charge in [0.1, 0.15) is 0 Å². The maximum atomic E-state index is 5.17. The molecule has 0 aliphatic rings. The molecule has 0 heterocycles. The van der Waals surface area contributed by atoms with Gasteiger partial charge in [0, 0.05) is 0 Å². The highest BCUT2D eigenvalue weighted by Gasteiger charge is 2.01. The molecule has 3 heteroatoms. The molecular formula is C8H15NO2. The normalized spacial score (nSPS) is 11.0. The highest BCUT2D eigenvalue weighted by molar-refractivity contribution is 5.15. The van der Waals surface area contributed by atoms with Crippen LogP contribution in [0.25, 0.3) is 0 Å². The minimum absolute atomic E-state index is 0.483. The highest BCUT2D eigenvalue weighted by atomic mass is 16.6. The number of rotatable bonds is 5. The summed E-state index contributed by atoms with van der Waals surface area (Å²) in [6, 6.07) is 0. The van der Waals surface area contributed by atoms with Gasteiger partial charge in [-0.25, -0.2) is 0 Å². The fourth-order valence-electron chi connectivity index (χ4n) is 0.591. The van der Waals surface area contributed by atoms with Crippen molar-refractivity contribution in [3.05, 3.63) is 24.2 Å². The van der Waals surface area contributed by atoms with Crippen molar-refractivity contribution in [2.75, 3.05) is 6.61 Å². The van der Waals surface area contributed by atoms with Crippen molar-refractivity contribution in [1.29, 1.82) is 0 Å². The Hall–Kier alpha value is -0.960. The fraction of sp³-hybridized carbons (Fsp3) is 0.500. The Bertz CT molecular complexity index is 152. The Labute approximate surface area is 67.4 Å². The lowest BCUT2D eigenvalue weighted by Gasteiger charge is -2.08. The van der Waals surface area contributed by atoms with E-state index in [9.17, 15) is 0 Å². The number of hydrogen-bond donors (Lipinski definition) is 1. The van der Waals surface area contributed by atoms with Crippen molar-refractivity contribution in [1.82, 2.24) is 0 Å². The minimum Gasteiger partial charge on any atom is -0.490 e. The smallest absolute Gasteiger partial charge is 0.183 e. The molecule has 64 valence electrons. The first-order valence-corrected chi connectivity index (χ1v) is 3.61. The number of nitrogens with two attached hydrogens (primary N) is 1. The van der Waals surface area contributed by atoms with E-state index < -0.39 is 0 Å². The van der Waals surface area contributed by atoms with Crippen molar-refractivity contribution < 1.29 is 9.57 Å². The van der Waals surface area contributed by atoms with Gasteiger partial charge in [-0.15, -0.1) is 0 Å². The van der Waals surface area contributed by atoms with Gasteiger partial charge in [0.25, 0.3) is 0 Å². The summed E-state index contributed by atoms with van der Waals surface area (Å²) in [6.45, 7) is 8.11. The van der Waals surface area contributed by atoms with E-state index in [0.29, 0.717) is 18.1 Å². The van der Waals surface area contributed by atoms with Crippen molar-refractivity contribution in [3.8, 4) is 0 Å². The molecule has 0 amide bonds. The van der Waals surface area contributed by atoms with E-state index in [1.54, 1.807) is 6.08 Å². The SMILES string of the molecule is C=C(OCCC)/C(=C\C)ON. The molecule has 0 spiro atoms. The van der Waals surface area contributed by atoms with Crippen LogP contribution in [-0.4, -0.2) is 6.61 Å². The van der Waals surface area contributed by atoms with Crippen LogP contribution in [0.1, 0.15) is 20.3 Å². The first-order valence-electron chi connectivity index (χ1n) is 3.61. The lowest BCUT2D eigenvalue weighted by atomic mass is 10.4. The molecule has 11 heavy (non-hydrogen) atoms. The van der Waals surface area contributed by atoms with Gasteiger partial charge in [-0.1, -0.05) is 13.5 Å². The van der Waals surface area contributed by atoms with Gasteiger partial charge < -0.3 is 9.57 Å². The van der Waals surface area contributed by atoms with E-state index in [2.05, 4.69) is 11.4 Å². The van der Waals surface area contributed by atoms with Crippen LogP contribution in [0.5, 0.6) is 0 Å². The van der Waals surface area contributed by atoms with Crippen molar-refractivity contribution in [3.63, 3.8) is 0 Å². The first-order chi connectivity index (χ1) is 5.26. The predicted octanol–water partition coefficient (Wildman–Crippen LogP) is 1.72. The van der Waals surface area contributed by atoms with E-state index in [-0.39, 0.29) is 0 Å². The molecule has 0 saturated heterocycles. The average molecular weight is 157 g/mol. The predicted molar refractivity (Wildman–Crippen MR) is 44.4 cm³/mol. The molecule has 0 radical (unpaired) electrons. The molecule has 0 atom stereocenters. The Morgan fingerprint density at radius 2 is 2.27 bits per heavy atom. The molecule has 0 aliphatic heterocycles. The third-order valence-corrected chi connectivity index (χ3v) is 1.14. The van der Waals surface area contributed by atoms with Crippen LogP contribution in [0.2, 0.25) is 0 Å². The van der Waals surface area contributed by atoms with Crippen LogP contribution in [-0.2, 0) is 9.57 Å². The van der Waals surface area contributed by atoms with Gasteiger partial charge in [0.2, 0.25) is 0 Å². The van der Waals surface area contributed by atoms with Crippen LogP contribution in [0.15, 0.2) is 24.2 Å². The molecule has 0 aromatic carbocycles. The van der Waals surface area contributed by atoms with Crippen LogP contribution in [0.3, 0.4) is 0 Å². The van der Waals surface area contributed by atoms with Gasteiger partial charge in [0.15, 0.2) is 11.5 Å². The quantitative estimate of drug-likeness (QED) is 0.375. The molecule has 0 unspecified atom stereocenters. The Morgan fingerprint density at radius 1 is 1.64 bits per heavy atom. The lowest BCUT2D eigenvalue weighted by molar-refractivity contribution is 0.154. The van der Waals surface area contributed by atoms with E-state index in [4.69, 9.17) is 10.6 Å². The van der Waals surface area contributed by atoms with Crippen molar-refractivity contribution >= 4 is 0 Å². The van der Waals surface area contributed by atoms with Crippen molar-refractivity contribution in [2.45, 2.75) is 20.3 Å². The summed E-state index contributed by atoms with van der Waals surface area (Å²) in [5, 5.41) is 0. The largest absolute Gasteiger partial charge is 0.490 e. The summed E-state index contributed by atoms with van der Waals surface area (Å²) in [7, 11) is 0. The molecular weight excluding hydrogens is 142 g/mol. The number of hydrogen-bond acceptors (Lipinski definition) is 3. The van der Waals surface area contributed by atoms with Gasteiger partial charge in [0.05, 0.1) is 6.61 Å². The van der Waals surface area contributed by atoms with Crippen LogP contribution in [0, 0.1) is 0 Å². The monoisotopic (exact) mass is 157 g/mol. The van der Waals surface area contributed by atoms with Gasteiger partial charge >= 0.3 is 0 Å². The molecule has 0 fully saturated rings. The number of allylic oxidation sites excluding steroid dienone is 1. The lowest BCUT2D eigenvalue weighted by Crippen LogP contribution is -2.04. The zero-order chi connectivity index (χ0) is 8.69. The van der Waals surface area contributed by atoms with Crippen LogP contribution < -0.4 is 5.90 Å². The first kappa shape index (κ1) is 10.0. The van der Waals surface area contributed by atoms with Gasteiger partial charge in [-0.2, -0.15) is 5.90 Å². The number of ether oxygens (including phenoxy) is 1. The second kappa shape index (κ2) is 5.80. The van der Waals surface area contributed by atoms with E-state index >= 15 is 0 Å². The fourth-order valence-corrected chi connectivity index (χ4v) is 0.591. The zero-order valence-electron chi connectivity index (χ0n) is 7.09. The van der Waals surface area contributed by atoms with E-state index in [1.165, 1.54) is 0 Å². The summed E-state index contributed by atoms with van der Waals surface area (Å²) >= 11 is 0. The second-order valence-electron chi connectivity index (χ2n) is 2.04. The minimum atomic E-state index is 0.483. The van der Waals surface area contributed by atoms with E-state index in [0.717, 1.165) is 6.42 Å². The Morgan fingerprint density at radius 3 is 2.64 bits per heavy atom. The van der Waals surface area contributed by atoms with Gasteiger partial charge in [-0.05, 0) is 19.4 Å². The maximum Gasteiger partial charge on any atom is 0.183 e. The van der Waals surface area contributed by atoms with Crippen molar-refractivity contribution in [2.24, 2.45) is 5.90 Å². The van der Waals surface area contributed by atoms with Gasteiger partial charge in [-0.3, -0.25) is 0 Å². The molecule has 0 saturated carbocycles. The van der Waals surface area contributed by atoms with Crippen LogP contribution >= 0.6 is 0 Å². The molecule has 2 N–H and O–H groups in total. The molecule has 0 aromatic heterocycles. The summed E-state index contributed by atoms with van der Waals surface area (Å²) < 4.78 is 5.17. The topological polar surface area (TPSA) is 44.5 Å². The summed E-state index contributed by atoms with van der Waals surface area (Å²) in [6.07, 6.45) is 2.65. The maximum absolute atomic E-state index is 5.17. The third-order valence-electron chi connectivity index (χ3n) is 1.14. The average Bonchev–Trinajstić information content (AvgIpc) is 2.03. The van der Waals surface area contributed by atoms with E-state index in [1.807, 2.05) is 13.8 Å². The molecule has 0 aromatic rings. The van der Waals surface area contributed by atoms with Crippen LogP contribution in [0.4, 0.5) is 0 Å². The molecule has 0 rings (SSSR count). The molecule has 3 nitrogen and oxygen atoms in total. The standard InChI is InChI=1S/C8H15NO2/c1-4-6-10-7(3)8(5-2)11-9/h5H,3-4,6,9H2,1-2H3/b8-5+. The summed E-state index contributed by atoms with van der Waals surface area (Å²) in [4.78, 5) is 4.49. The third kappa shape index (κ3) is 3.68. The Balaban J connectivity index is 3.81. The highest BCUT2D eigenvalue weighted by Crippen LogP contribution is 2.08. The summed E-state index contributed by atoms with van der Waals surface area (Å²) in [5.41, 5.74) is 0. The second-order valence-corrected chi connectivity index (χ2v) is 2.04. The molecule has 0 bridgehead atoms. The molecule has 0 aliphatic carbocycles. The zero-order valence-corrected chi connectivity index (χ0v) is 7.09. The summed E-state index contributed by atoms with van der Waals surface area (Å²) in [5.74, 6) is 5.91.